The van der Waals surface area contributed by atoms with E-state index in [9.17, 15) is 18.5 Å². The van der Waals surface area contributed by atoms with Crippen LogP contribution in [0.5, 0.6) is 0 Å². The van der Waals surface area contributed by atoms with Crippen LogP contribution < -0.4 is 9.62 Å². The normalized spacial score (nSPS) is 14.8. The second kappa shape index (κ2) is 9.74. The summed E-state index contributed by atoms with van der Waals surface area (Å²) in [5.74, 6) is 0. The van der Waals surface area contributed by atoms with Crippen LogP contribution in [-0.2, 0) is 16.6 Å². The van der Waals surface area contributed by atoms with Gasteiger partial charge in [-0.05, 0) is 42.0 Å². The van der Waals surface area contributed by atoms with Crippen molar-refractivity contribution in [3.05, 3.63) is 87.7 Å². The van der Waals surface area contributed by atoms with E-state index >= 15 is 0 Å². The third-order valence-corrected chi connectivity index (χ3v) is 7.13. The first-order valence-corrected chi connectivity index (χ1v) is 12.1. The van der Waals surface area contributed by atoms with Gasteiger partial charge in [0.2, 0.25) is 0 Å². The fourth-order valence-corrected chi connectivity index (χ4v) is 5.06. The Hall–Kier alpha value is -3.21. The van der Waals surface area contributed by atoms with Gasteiger partial charge < -0.3 is 4.90 Å². The summed E-state index contributed by atoms with van der Waals surface area (Å²) in [4.78, 5) is 19.2. The zero-order valence-electron chi connectivity index (χ0n) is 17.6. The zero-order valence-corrected chi connectivity index (χ0v) is 19.2. The number of pyridine rings is 1. The summed E-state index contributed by atoms with van der Waals surface area (Å²) >= 11 is 6.04. The zero-order chi connectivity index (χ0) is 23.4. The number of para-hydroxylation sites is 1. The molecule has 0 unspecified atom stereocenters. The monoisotopic (exact) mass is 487 g/mol. The molecule has 9 nitrogen and oxygen atoms in total. The number of sulfonamides is 1. The first-order valence-electron chi connectivity index (χ1n) is 10.3. The van der Waals surface area contributed by atoms with E-state index < -0.39 is 14.9 Å². The average molecular weight is 488 g/mol. The van der Waals surface area contributed by atoms with E-state index in [1.165, 1.54) is 18.2 Å². The topological polar surface area (TPSA) is 109 Å². The standard InChI is InChI=1S/C22H22ClN5O4S/c23-19-3-1-2-4-20(19)25-33(31,32)18-5-6-21(22(15-18)28(29)30)27-13-11-26(12-14-27)16-17-7-9-24-10-8-17/h1-10,15,25H,11-14,16H2. The van der Waals surface area contributed by atoms with E-state index in [0.29, 0.717) is 18.8 Å². The van der Waals surface area contributed by atoms with Crippen molar-refractivity contribution in [1.82, 2.24) is 9.88 Å². The Morgan fingerprint density at radius 3 is 2.39 bits per heavy atom. The van der Waals surface area contributed by atoms with Gasteiger partial charge in [-0.2, -0.15) is 0 Å². The Labute approximate surface area is 196 Å². The maximum Gasteiger partial charge on any atom is 0.293 e. The summed E-state index contributed by atoms with van der Waals surface area (Å²) < 4.78 is 28.0. The number of piperazine rings is 1. The van der Waals surface area contributed by atoms with Crippen LogP contribution in [0.15, 0.2) is 71.9 Å². The summed E-state index contributed by atoms with van der Waals surface area (Å²) in [7, 11) is -4.05. The number of halogens is 1. The van der Waals surface area contributed by atoms with Gasteiger partial charge in [0.1, 0.15) is 5.69 Å². The van der Waals surface area contributed by atoms with E-state index in [1.807, 2.05) is 17.0 Å². The number of nitrogens with one attached hydrogen (secondary N) is 1. The average Bonchev–Trinajstić information content (AvgIpc) is 2.81. The van der Waals surface area contributed by atoms with Crippen LogP contribution in [0.25, 0.3) is 0 Å². The third kappa shape index (κ3) is 5.41. The molecule has 2 aromatic carbocycles. The molecule has 11 heteroatoms. The van der Waals surface area contributed by atoms with Crippen molar-refractivity contribution in [2.45, 2.75) is 11.4 Å². The molecule has 0 aliphatic carbocycles. The molecule has 1 aliphatic rings. The first-order chi connectivity index (χ1) is 15.8. The molecule has 33 heavy (non-hydrogen) atoms. The smallest absolute Gasteiger partial charge is 0.293 e. The van der Waals surface area contributed by atoms with E-state index in [4.69, 9.17) is 11.6 Å². The van der Waals surface area contributed by atoms with Crippen LogP contribution in [0.4, 0.5) is 17.1 Å². The van der Waals surface area contributed by atoms with E-state index in [2.05, 4.69) is 14.6 Å². The molecule has 1 fully saturated rings. The minimum atomic E-state index is -4.05. The fourth-order valence-electron chi connectivity index (χ4n) is 3.72. The second-order valence-electron chi connectivity index (χ2n) is 7.61. The molecule has 1 N–H and O–H groups in total. The van der Waals surface area contributed by atoms with Gasteiger partial charge in [-0.25, -0.2) is 8.42 Å². The quantitative estimate of drug-likeness (QED) is 0.399. The van der Waals surface area contributed by atoms with Crippen LogP contribution in [0.2, 0.25) is 5.02 Å². The number of benzene rings is 2. The number of hydrogen-bond donors (Lipinski definition) is 1. The molecule has 0 spiro atoms. The Morgan fingerprint density at radius 2 is 1.73 bits per heavy atom. The number of nitrogens with zero attached hydrogens (tertiary/aromatic N) is 4. The molecule has 4 rings (SSSR count). The SMILES string of the molecule is O=[N+]([O-])c1cc(S(=O)(=O)Nc2ccccc2Cl)ccc1N1CCN(Cc2ccncc2)CC1. The summed E-state index contributed by atoms with van der Waals surface area (Å²) in [5, 5.41) is 12.0. The predicted molar refractivity (Wildman–Crippen MR) is 127 cm³/mol. The largest absolute Gasteiger partial charge is 0.363 e. The molecule has 1 aliphatic heterocycles. The van der Waals surface area contributed by atoms with Gasteiger partial charge >= 0.3 is 0 Å². The molecule has 0 bridgehead atoms. The van der Waals surface area contributed by atoms with Crippen LogP contribution in [0.3, 0.4) is 0 Å². The number of hydrogen-bond acceptors (Lipinski definition) is 7. The highest BCUT2D eigenvalue weighted by Gasteiger charge is 2.27. The number of aromatic nitrogens is 1. The van der Waals surface area contributed by atoms with Gasteiger partial charge in [0, 0.05) is 51.2 Å². The fraction of sp³-hybridized carbons (Fsp3) is 0.227. The summed E-state index contributed by atoms with van der Waals surface area (Å²) in [6.45, 7) is 3.43. The van der Waals surface area contributed by atoms with Crippen LogP contribution in [-0.4, -0.2) is 49.4 Å². The molecular weight excluding hydrogens is 466 g/mol. The molecule has 0 atom stereocenters. The van der Waals surface area contributed by atoms with Gasteiger partial charge in [0.15, 0.2) is 0 Å². The highest BCUT2D eigenvalue weighted by Crippen LogP contribution is 2.33. The lowest BCUT2D eigenvalue weighted by Crippen LogP contribution is -2.46. The predicted octanol–water partition coefficient (Wildman–Crippen LogP) is 3.77. The molecule has 1 aromatic heterocycles. The Morgan fingerprint density at radius 1 is 1.03 bits per heavy atom. The highest BCUT2D eigenvalue weighted by molar-refractivity contribution is 7.92. The number of nitro groups is 1. The molecule has 1 saturated heterocycles. The summed E-state index contributed by atoms with van der Waals surface area (Å²) in [6.07, 6.45) is 3.51. The van der Waals surface area contributed by atoms with Gasteiger partial charge in [-0.1, -0.05) is 23.7 Å². The van der Waals surface area contributed by atoms with E-state index in [0.717, 1.165) is 31.3 Å². The minimum absolute atomic E-state index is 0.200. The Kier molecular flexibility index (Phi) is 6.77. The lowest BCUT2D eigenvalue weighted by Gasteiger charge is -2.35. The van der Waals surface area contributed by atoms with E-state index in [-0.39, 0.29) is 21.3 Å². The van der Waals surface area contributed by atoms with Gasteiger partial charge in [-0.15, -0.1) is 0 Å². The summed E-state index contributed by atoms with van der Waals surface area (Å²) in [5.41, 5.74) is 1.51. The number of anilines is 2. The maximum atomic E-state index is 12.8. The third-order valence-electron chi connectivity index (χ3n) is 5.44. The maximum absolute atomic E-state index is 12.8. The molecule has 0 amide bonds. The van der Waals surface area contributed by atoms with Crippen molar-refractivity contribution >= 4 is 38.7 Å². The molecule has 172 valence electrons. The van der Waals surface area contributed by atoms with Gasteiger partial charge in [0.05, 0.1) is 20.5 Å². The van der Waals surface area contributed by atoms with Crippen LogP contribution in [0, 0.1) is 10.1 Å². The Bertz CT molecular complexity index is 1250. The van der Waals surface area contributed by atoms with Crippen molar-refractivity contribution < 1.29 is 13.3 Å². The number of nitro benzene ring substituents is 1. The van der Waals surface area contributed by atoms with Gasteiger partial charge in [-0.3, -0.25) is 24.7 Å². The lowest BCUT2D eigenvalue weighted by atomic mass is 10.2. The van der Waals surface area contributed by atoms with Crippen molar-refractivity contribution in [1.29, 1.82) is 0 Å². The molecular formula is C22H22ClN5O4S. The van der Waals surface area contributed by atoms with Crippen molar-refractivity contribution in [3.63, 3.8) is 0 Å². The highest BCUT2D eigenvalue weighted by atomic mass is 35.5. The summed E-state index contributed by atoms with van der Waals surface area (Å²) in [6, 6.07) is 14.3. The molecule has 2 heterocycles. The minimum Gasteiger partial charge on any atom is -0.363 e. The van der Waals surface area contributed by atoms with Gasteiger partial charge in [0.25, 0.3) is 15.7 Å². The Balaban J connectivity index is 1.51. The lowest BCUT2D eigenvalue weighted by molar-refractivity contribution is -0.384. The van der Waals surface area contributed by atoms with Crippen LogP contribution in [0.1, 0.15) is 5.56 Å². The second-order valence-corrected chi connectivity index (χ2v) is 9.70. The first kappa shape index (κ1) is 23.0. The van der Waals surface area contributed by atoms with Crippen LogP contribution >= 0.6 is 11.6 Å². The number of rotatable bonds is 7. The van der Waals surface area contributed by atoms with Crippen molar-refractivity contribution in [3.8, 4) is 0 Å². The van der Waals surface area contributed by atoms with Crippen molar-refractivity contribution in [2.24, 2.45) is 0 Å². The van der Waals surface area contributed by atoms with E-state index in [1.54, 1.807) is 30.6 Å². The molecule has 3 aromatic rings. The van der Waals surface area contributed by atoms with Crippen molar-refractivity contribution in [2.75, 3.05) is 35.8 Å². The molecule has 0 saturated carbocycles. The molecule has 0 radical (unpaired) electrons.